The predicted octanol–water partition coefficient (Wildman–Crippen LogP) is 4.62. The summed E-state index contributed by atoms with van der Waals surface area (Å²) in [7, 11) is 0. The Kier molecular flexibility index (Phi) is 5.41. The number of likely N-dealkylation sites (tertiary alicyclic amines) is 1. The van der Waals surface area contributed by atoms with Gasteiger partial charge in [0.25, 0.3) is 0 Å². The van der Waals surface area contributed by atoms with Crippen LogP contribution in [0.25, 0.3) is 22.3 Å². The van der Waals surface area contributed by atoms with Crippen LogP contribution in [0.15, 0.2) is 60.9 Å². The van der Waals surface area contributed by atoms with Crippen LogP contribution >= 0.6 is 0 Å². The average molecular weight is 499 g/mol. The zero-order valence-electron chi connectivity index (χ0n) is 21.0. The summed E-state index contributed by atoms with van der Waals surface area (Å²) in [6.07, 6.45) is 3.46. The standard InChI is InChI=1S/C28H30N6O3/c1-27(2,26(35)36)14-33-15-28(16-33)12-19(13-28)34-25-22(24(29)30-17-31-25)23(32-34)18-8-10-21(11-9-18)37-20-6-4-3-5-7-20/h3-11,17,19H,12-16H2,1-2H3,(H,35,36)(H2,29,30,31). The summed E-state index contributed by atoms with van der Waals surface area (Å²) < 4.78 is 7.94. The molecule has 0 unspecified atom stereocenters. The molecule has 2 aliphatic rings. The minimum absolute atomic E-state index is 0.223. The van der Waals surface area contributed by atoms with Gasteiger partial charge in [0.1, 0.15) is 29.3 Å². The Balaban J connectivity index is 1.21. The minimum atomic E-state index is -0.757. The Morgan fingerprint density at radius 3 is 2.43 bits per heavy atom. The van der Waals surface area contributed by atoms with E-state index in [1.807, 2.05) is 59.3 Å². The first-order valence-corrected chi connectivity index (χ1v) is 12.5. The van der Waals surface area contributed by atoms with Crippen LogP contribution in [0.2, 0.25) is 0 Å². The first kappa shape index (κ1) is 23.4. The Morgan fingerprint density at radius 1 is 1.08 bits per heavy atom. The summed E-state index contributed by atoms with van der Waals surface area (Å²) >= 11 is 0. The zero-order chi connectivity index (χ0) is 25.8. The molecule has 2 fully saturated rings. The number of rotatable bonds is 7. The number of fused-ring (bicyclic) bond motifs is 1. The maximum Gasteiger partial charge on any atom is 0.310 e. The number of nitrogen functional groups attached to an aromatic ring is 1. The van der Waals surface area contributed by atoms with Gasteiger partial charge in [0.2, 0.25) is 0 Å². The van der Waals surface area contributed by atoms with E-state index in [0.29, 0.717) is 12.4 Å². The number of hydrogen-bond donors (Lipinski definition) is 2. The molecule has 1 spiro atoms. The van der Waals surface area contributed by atoms with E-state index >= 15 is 0 Å². The first-order chi connectivity index (χ1) is 17.7. The van der Waals surface area contributed by atoms with Crippen molar-refractivity contribution in [2.45, 2.75) is 32.7 Å². The predicted molar refractivity (Wildman–Crippen MR) is 140 cm³/mol. The molecule has 2 aromatic carbocycles. The quantitative estimate of drug-likeness (QED) is 0.379. The van der Waals surface area contributed by atoms with E-state index in [-0.39, 0.29) is 11.5 Å². The van der Waals surface area contributed by atoms with Gasteiger partial charge in [-0.25, -0.2) is 14.6 Å². The molecule has 1 aliphatic carbocycles. The number of benzene rings is 2. The maximum absolute atomic E-state index is 11.5. The van der Waals surface area contributed by atoms with Crippen LogP contribution in [-0.4, -0.2) is 55.4 Å². The van der Waals surface area contributed by atoms with Crippen LogP contribution < -0.4 is 10.5 Å². The van der Waals surface area contributed by atoms with Crippen molar-refractivity contribution < 1.29 is 14.6 Å². The first-order valence-electron chi connectivity index (χ1n) is 12.5. The van der Waals surface area contributed by atoms with Crippen molar-refractivity contribution in [2.75, 3.05) is 25.4 Å². The lowest BCUT2D eigenvalue weighted by Crippen LogP contribution is -2.64. The van der Waals surface area contributed by atoms with Crippen LogP contribution in [0.4, 0.5) is 5.82 Å². The van der Waals surface area contributed by atoms with Crippen LogP contribution in [0.1, 0.15) is 32.7 Å². The molecule has 1 aliphatic heterocycles. The van der Waals surface area contributed by atoms with Gasteiger partial charge in [-0.3, -0.25) is 4.79 Å². The van der Waals surface area contributed by atoms with Gasteiger partial charge < -0.3 is 20.5 Å². The van der Waals surface area contributed by atoms with Gasteiger partial charge in [-0.05, 0) is 68.5 Å². The third-order valence-corrected chi connectivity index (χ3v) is 7.62. The highest BCUT2D eigenvalue weighted by atomic mass is 16.5. The Morgan fingerprint density at radius 2 is 1.76 bits per heavy atom. The monoisotopic (exact) mass is 498 g/mol. The average Bonchev–Trinajstić information content (AvgIpc) is 3.21. The van der Waals surface area contributed by atoms with Crippen molar-refractivity contribution >= 4 is 22.8 Å². The van der Waals surface area contributed by atoms with E-state index in [9.17, 15) is 9.90 Å². The van der Waals surface area contributed by atoms with Gasteiger partial charge in [-0.1, -0.05) is 18.2 Å². The molecule has 37 heavy (non-hydrogen) atoms. The molecule has 4 aromatic rings. The minimum Gasteiger partial charge on any atom is -0.481 e. The van der Waals surface area contributed by atoms with E-state index in [4.69, 9.17) is 15.6 Å². The summed E-state index contributed by atoms with van der Waals surface area (Å²) in [5, 5.41) is 15.2. The molecule has 0 amide bonds. The topological polar surface area (TPSA) is 119 Å². The number of carbonyl (C=O) groups is 1. The van der Waals surface area contributed by atoms with Crippen molar-refractivity contribution in [3.05, 3.63) is 60.9 Å². The van der Waals surface area contributed by atoms with Gasteiger partial charge in [0.15, 0.2) is 5.65 Å². The summed E-state index contributed by atoms with van der Waals surface area (Å²) in [6.45, 7) is 5.98. The third-order valence-electron chi connectivity index (χ3n) is 7.62. The molecule has 2 aromatic heterocycles. The van der Waals surface area contributed by atoms with Crippen molar-refractivity contribution in [1.82, 2.24) is 24.6 Å². The van der Waals surface area contributed by atoms with E-state index in [2.05, 4.69) is 14.9 Å². The fourth-order valence-electron chi connectivity index (χ4n) is 5.77. The van der Waals surface area contributed by atoms with Gasteiger partial charge in [0.05, 0.1) is 16.8 Å². The van der Waals surface area contributed by atoms with Crippen molar-refractivity contribution in [3.8, 4) is 22.8 Å². The molecule has 3 N–H and O–H groups in total. The maximum atomic E-state index is 11.5. The van der Waals surface area contributed by atoms with Gasteiger partial charge in [-0.15, -0.1) is 0 Å². The number of ether oxygens (including phenoxy) is 1. The number of carboxylic acid groups (broad SMARTS) is 1. The number of hydrogen-bond acceptors (Lipinski definition) is 7. The number of aliphatic carboxylic acids is 1. The molecule has 0 atom stereocenters. The summed E-state index contributed by atoms with van der Waals surface area (Å²) in [5.41, 5.74) is 8.22. The second kappa shape index (κ2) is 8.55. The molecule has 9 heteroatoms. The van der Waals surface area contributed by atoms with Gasteiger partial charge >= 0.3 is 5.97 Å². The number of nitrogens with zero attached hydrogens (tertiary/aromatic N) is 5. The number of anilines is 1. The molecule has 0 bridgehead atoms. The molecule has 1 saturated carbocycles. The number of aromatic nitrogens is 4. The van der Waals surface area contributed by atoms with Crippen LogP contribution in [-0.2, 0) is 4.79 Å². The number of nitrogens with two attached hydrogens (primary N) is 1. The molecule has 0 radical (unpaired) electrons. The zero-order valence-corrected chi connectivity index (χ0v) is 21.0. The fourth-order valence-corrected chi connectivity index (χ4v) is 5.77. The molecular formula is C28H30N6O3. The highest BCUT2D eigenvalue weighted by Gasteiger charge is 2.54. The molecule has 190 valence electrons. The van der Waals surface area contributed by atoms with Crippen LogP contribution in [0.3, 0.4) is 0 Å². The van der Waals surface area contributed by atoms with Gasteiger partial charge in [0, 0.05) is 25.2 Å². The third kappa shape index (κ3) is 4.19. The second-order valence-corrected chi connectivity index (χ2v) is 11.1. The molecule has 3 heterocycles. The SMILES string of the molecule is CC(C)(CN1CC2(CC(n3nc(-c4ccc(Oc5ccccc5)cc4)c4c(N)ncnc43)C2)C1)C(=O)O. The summed E-state index contributed by atoms with van der Waals surface area (Å²) in [5.74, 6) is 1.18. The highest BCUT2D eigenvalue weighted by Crippen LogP contribution is 2.55. The largest absolute Gasteiger partial charge is 0.481 e. The van der Waals surface area contributed by atoms with Crippen molar-refractivity contribution in [3.63, 3.8) is 0 Å². The van der Waals surface area contributed by atoms with E-state index in [1.165, 1.54) is 6.33 Å². The Bertz CT molecular complexity index is 1450. The van der Waals surface area contributed by atoms with E-state index in [1.54, 1.807) is 13.8 Å². The summed E-state index contributed by atoms with van der Waals surface area (Å²) in [6, 6.07) is 17.7. The normalized spacial score (nSPS) is 17.5. The fraction of sp³-hybridized carbons (Fsp3) is 0.357. The molecular weight excluding hydrogens is 468 g/mol. The van der Waals surface area contributed by atoms with E-state index in [0.717, 1.165) is 59.7 Å². The number of carboxylic acids is 1. The second-order valence-electron chi connectivity index (χ2n) is 11.1. The van der Waals surface area contributed by atoms with Gasteiger partial charge in [-0.2, -0.15) is 5.10 Å². The van der Waals surface area contributed by atoms with Crippen LogP contribution in [0, 0.1) is 10.8 Å². The Labute approximate surface area is 214 Å². The lowest BCUT2D eigenvalue weighted by molar-refractivity contribution is -0.153. The van der Waals surface area contributed by atoms with Crippen LogP contribution in [0.5, 0.6) is 11.5 Å². The number of para-hydroxylation sites is 1. The highest BCUT2D eigenvalue weighted by molar-refractivity contribution is 5.98. The molecule has 6 rings (SSSR count). The summed E-state index contributed by atoms with van der Waals surface area (Å²) in [4.78, 5) is 22.5. The lowest BCUT2D eigenvalue weighted by atomic mass is 9.60. The lowest BCUT2D eigenvalue weighted by Gasteiger charge is -2.59. The Hall–Kier alpha value is -3.98. The molecule has 9 nitrogen and oxygen atoms in total. The van der Waals surface area contributed by atoms with Crippen molar-refractivity contribution in [2.24, 2.45) is 10.8 Å². The molecule has 1 saturated heterocycles. The van der Waals surface area contributed by atoms with Crippen molar-refractivity contribution in [1.29, 1.82) is 0 Å². The van der Waals surface area contributed by atoms with E-state index < -0.39 is 11.4 Å². The smallest absolute Gasteiger partial charge is 0.310 e.